The number of nitrogens with zero attached hydrogens (tertiary/aromatic N) is 5. The number of alkyl halides is 2. The van der Waals surface area contributed by atoms with E-state index in [0.717, 1.165) is 17.6 Å². The van der Waals surface area contributed by atoms with Gasteiger partial charge in [0.1, 0.15) is 5.82 Å². The van der Waals surface area contributed by atoms with Crippen LogP contribution in [0.2, 0.25) is 0 Å². The molecule has 7 nitrogen and oxygen atoms in total. The Kier molecular flexibility index (Phi) is 4.52. The highest BCUT2D eigenvalue weighted by molar-refractivity contribution is 5.73. The summed E-state index contributed by atoms with van der Waals surface area (Å²) in [6.07, 6.45) is 4.67. The molecule has 0 aliphatic rings. The number of benzene rings is 1. The van der Waals surface area contributed by atoms with E-state index in [4.69, 9.17) is 0 Å². The maximum atomic E-state index is 13.9. The van der Waals surface area contributed by atoms with Crippen LogP contribution in [0, 0.1) is 12.7 Å². The molecule has 0 saturated heterocycles. The highest BCUT2D eigenvalue weighted by atomic mass is 19.3. The van der Waals surface area contributed by atoms with Crippen molar-refractivity contribution in [3.63, 3.8) is 0 Å². The Bertz CT molecular complexity index is 1150. The highest BCUT2D eigenvalue weighted by Crippen LogP contribution is 2.25. The Morgan fingerprint density at radius 2 is 2.00 bits per heavy atom. The third-order valence-electron chi connectivity index (χ3n) is 3.87. The predicted octanol–water partition coefficient (Wildman–Crippen LogP) is 4.00. The van der Waals surface area contributed by atoms with Gasteiger partial charge in [0, 0.05) is 18.0 Å². The number of aromatic nitrogens is 5. The van der Waals surface area contributed by atoms with Gasteiger partial charge in [-0.15, -0.1) is 0 Å². The number of ether oxygens (including phenoxy) is 1. The summed E-state index contributed by atoms with van der Waals surface area (Å²) in [6, 6.07) is 7.20. The molecule has 142 valence electrons. The van der Waals surface area contributed by atoms with E-state index in [0.29, 0.717) is 28.8 Å². The number of nitrogens with one attached hydrogen (secondary N) is 1. The molecule has 0 aliphatic heterocycles. The summed E-state index contributed by atoms with van der Waals surface area (Å²) in [5.74, 6) is 0.0609. The molecular weight excluding hydrogens is 373 g/mol. The van der Waals surface area contributed by atoms with Gasteiger partial charge in [-0.05, 0) is 31.2 Å². The highest BCUT2D eigenvalue weighted by Gasteiger charge is 2.13. The average Bonchev–Trinajstić information content (AvgIpc) is 2.99. The predicted molar refractivity (Wildman–Crippen MR) is 95.5 cm³/mol. The number of fused-ring (bicyclic) bond motifs is 1. The van der Waals surface area contributed by atoms with Crippen LogP contribution in [0.5, 0.6) is 5.75 Å². The average molecular weight is 386 g/mol. The Hall–Kier alpha value is -3.69. The third-order valence-corrected chi connectivity index (χ3v) is 3.87. The second-order valence-electron chi connectivity index (χ2n) is 5.75. The van der Waals surface area contributed by atoms with Crippen LogP contribution in [0.1, 0.15) is 5.82 Å². The number of hydrogen-bond donors (Lipinski definition) is 1. The fraction of sp³-hybridized carbons (Fsp3) is 0.111. The number of anilines is 2. The van der Waals surface area contributed by atoms with Crippen molar-refractivity contribution in [2.24, 2.45) is 0 Å². The van der Waals surface area contributed by atoms with Crippen LogP contribution in [0.15, 0.2) is 48.9 Å². The zero-order valence-electron chi connectivity index (χ0n) is 14.5. The number of halogens is 3. The van der Waals surface area contributed by atoms with E-state index >= 15 is 0 Å². The van der Waals surface area contributed by atoms with Crippen molar-refractivity contribution in [3.05, 3.63) is 60.6 Å². The first-order valence-corrected chi connectivity index (χ1v) is 8.15. The lowest BCUT2D eigenvalue weighted by molar-refractivity contribution is -0.0521. The molecule has 0 fully saturated rings. The van der Waals surface area contributed by atoms with Crippen molar-refractivity contribution in [2.75, 3.05) is 5.32 Å². The maximum Gasteiger partial charge on any atom is 0.387 e. The van der Waals surface area contributed by atoms with Crippen LogP contribution in [-0.2, 0) is 0 Å². The fourth-order valence-corrected chi connectivity index (χ4v) is 2.76. The molecule has 1 aromatic carbocycles. The van der Waals surface area contributed by atoms with Crippen molar-refractivity contribution in [2.45, 2.75) is 13.5 Å². The molecule has 0 amide bonds. The summed E-state index contributed by atoms with van der Waals surface area (Å²) in [5, 5.41) is 2.89. The lowest BCUT2D eigenvalue weighted by Crippen LogP contribution is -2.05. The summed E-state index contributed by atoms with van der Waals surface area (Å²) in [7, 11) is 0. The Balaban J connectivity index is 1.64. The number of hydrogen-bond acceptors (Lipinski definition) is 6. The van der Waals surface area contributed by atoms with Gasteiger partial charge < -0.3 is 10.1 Å². The zero-order chi connectivity index (χ0) is 19.7. The molecule has 4 aromatic rings. The van der Waals surface area contributed by atoms with Crippen LogP contribution < -0.4 is 10.1 Å². The van der Waals surface area contributed by atoms with Gasteiger partial charge in [0.25, 0.3) is 0 Å². The third kappa shape index (κ3) is 3.43. The largest absolute Gasteiger partial charge is 0.432 e. The van der Waals surface area contributed by atoms with E-state index in [9.17, 15) is 13.2 Å². The van der Waals surface area contributed by atoms with Crippen LogP contribution >= 0.6 is 0 Å². The molecular formula is C18H13F3N6O. The normalized spacial score (nSPS) is 11.2. The van der Waals surface area contributed by atoms with Gasteiger partial charge in [0.05, 0.1) is 17.9 Å². The maximum absolute atomic E-state index is 13.9. The van der Waals surface area contributed by atoms with Crippen molar-refractivity contribution in [1.82, 2.24) is 24.5 Å². The van der Waals surface area contributed by atoms with Crippen LogP contribution in [0.3, 0.4) is 0 Å². The fourth-order valence-electron chi connectivity index (χ4n) is 2.76. The van der Waals surface area contributed by atoms with Crippen LogP contribution in [0.4, 0.5) is 24.7 Å². The quantitative estimate of drug-likeness (QED) is 0.559. The second kappa shape index (κ2) is 7.14. The lowest BCUT2D eigenvalue weighted by Gasteiger charge is -2.11. The molecule has 3 aromatic heterocycles. The minimum absolute atomic E-state index is 0.305. The Morgan fingerprint density at radius 1 is 1.14 bits per heavy atom. The topological polar surface area (TPSA) is 77.8 Å². The molecule has 0 atom stereocenters. The molecule has 10 heteroatoms. The van der Waals surface area contributed by atoms with Crippen LogP contribution in [-0.4, -0.2) is 31.1 Å². The number of rotatable bonds is 5. The molecule has 1 N–H and O–H groups in total. The van der Waals surface area contributed by atoms with Gasteiger partial charge in [-0.2, -0.15) is 8.78 Å². The molecule has 28 heavy (non-hydrogen) atoms. The Morgan fingerprint density at radius 3 is 2.79 bits per heavy atom. The van der Waals surface area contributed by atoms with Gasteiger partial charge in [0.2, 0.25) is 0 Å². The van der Waals surface area contributed by atoms with E-state index < -0.39 is 18.2 Å². The van der Waals surface area contributed by atoms with E-state index in [-0.39, 0.29) is 0 Å². The minimum Gasteiger partial charge on any atom is -0.432 e. The SMILES string of the molecule is Cc1nc2ncccc2n1-c1cncc(Nc2ccc(OC(F)F)c(F)c2)n1. The first-order chi connectivity index (χ1) is 13.5. The van der Waals surface area contributed by atoms with Crippen molar-refractivity contribution < 1.29 is 17.9 Å². The molecule has 0 aliphatic carbocycles. The van der Waals surface area contributed by atoms with Gasteiger partial charge >= 0.3 is 6.61 Å². The van der Waals surface area contributed by atoms with Crippen molar-refractivity contribution in [1.29, 1.82) is 0 Å². The summed E-state index contributed by atoms with van der Waals surface area (Å²) in [4.78, 5) is 17.2. The molecule has 4 rings (SSSR count). The van der Waals surface area contributed by atoms with Gasteiger partial charge in [-0.3, -0.25) is 9.55 Å². The number of aryl methyl sites for hydroxylation is 1. The van der Waals surface area contributed by atoms with Crippen molar-refractivity contribution in [3.8, 4) is 11.6 Å². The molecule has 0 saturated carbocycles. The first-order valence-electron chi connectivity index (χ1n) is 8.15. The molecule has 0 spiro atoms. The van der Waals surface area contributed by atoms with Gasteiger partial charge in [0.15, 0.2) is 28.8 Å². The van der Waals surface area contributed by atoms with Crippen LogP contribution in [0.25, 0.3) is 17.0 Å². The second-order valence-corrected chi connectivity index (χ2v) is 5.75. The van der Waals surface area contributed by atoms with E-state index in [1.54, 1.807) is 23.0 Å². The van der Waals surface area contributed by atoms with E-state index in [1.807, 2.05) is 13.0 Å². The van der Waals surface area contributed by atoms with E-state index in [2.05, 4.69) is 30.0 Å². The van der Waals surface area contributed by atoms with E-state index in [1.165, 1.54) is 12.3 Å². The van der Waals surface area contributed by atoms with Gasteiger partial charge in [-0.1, -0.05) is 0 Å². The first kappa shape index (κ1) is 17.7. The Labute approximate surface area is 156 Å². The zero-order valence-corrected chi connectivity index (χ0v) is 14.5. The van der Waals surface area contributed by atoms with Gasteiger partial charge in [-0.25, -0.2) is 19.3 Å². The molecule has 0 bridgehead atoms. The lowest BCUT2D eigenvalue weighted by atomic mass is 10.3. The van der Waals surface area contributed by atoms with Crippen molar-refractivity contribution >= 4 is 22.7 Å². The minimum atomic E-state index is -3.10. The molecule has 3 heterocycles. The smallest absolute Gasteiger partial charge is 0.387 e. The number of pyridine rings is 1. The summed E-state index contributed by atoms with van der Waals surface area (Å²) < 4.78 is 44.2. The standard InChI is InChI=1S/C18H13F3N6O/c1-10-24-17-13(3-2-6-23-17)27(10)16-9-22-8-15(26-16)25-11-4-5-14(12(19)7-11)28-18(20)21/h2-9,18H,1H3,(H,25,26). The summed E-state index contributed by atoms with van der Waals surface area (Å²) >= 11 is 0. The molecule has 0 unspecified atom stereocenters. The summed E-state index contributed by atoms with van der Waals surface area (Å²) in [5.41, 5.74) is 1.65. The monoisotopic (exact) mass is 386 g/mol. The number of imidazole rings is 1. The molecule has 0 radical (unpaired) electrons. The summed E-state index contributed by atoms with van der Waals surface area (Å²) in [6.45, 7) is -1.28.